The average Bonchev–Trinajstić information content (AvgIpc) is 2.71. The molecule has 3 rings (SSSR count). The van der Waals surface area contributed by atoms with E-state index in [1.165, 1.54) is 16.3 Å². The molecular weight excluding hydrogens is 360 g/mol. The lowest BCUT2D eigenvalue weighted by molar-refractivity contribution is 0.311. The molecule has 0 spiro atoms. The molecule has 1 saturated heterocycles. The molecule has 29 heavy (non-hydrogen) atoms. The quantitative estimate of drug-likeness (QED) is 0.458. The van der Waals surface area contributed by atoms with Crippen LogP contribution in [0.4, 0.5) is 0 Å². The first-order chi connectivity index (χ1) is 14.0. The molecule has 1 aliphatic heterocycles. The number of hydrogen-bond donors (Lipinski definition) is 6. The van der Waals surface area contributed by atoms with Crippen LogP contribution in [-0.2, 0) is 6.54 Å². The smallest absolute Gasteiger partial charge is 0.0406 e. The fraction of sp³-hybridized carbons (Fsp3) is 0.565. The van der Waals surface area contributed by atoms with Gasteiger partial charge in [-0.3, -0.25) is 0 Å². The summed E-state index contributed by atoms with van der Waals surface area (Å²) in [6.45, 7) is 12.3. The maximum atomic E-state index is 6.33. The summed E-state index contributed by atoms with van der Waals surface area (Å²) in [7, 11) is 0. The van der Waals surface area contributed by atoms with Gasteiger partial charge in [0.15, 0.2) is 0 Å². The summed E-state index contributed by atoms with van der Waals surface area (Å²) >= 11 is 0. The fourth-order valence-corrected chi connectivity index (χ4v) is 3.84. The molecule has 0 aromatic heterocycles. The number of benzene rings is 2. The summed E-state index contributed by atoms with van der Waals surface area (Å²) in [5.74, 6) is 0. The molecule has 0 atom stereocenters. The maximum absolute atomic E-state index is 6.33. The second-order valence-electron chi connectivity index (χ2n) is 8.91. The van der Waals surface area contributed by atoms with Crippen LogP contribution in [0.3, 0.4) is 0 Å². The molecule has 6 nitrogen and oxygen atoms in total. The number of nitrogens with one attached hydrogen (secondary N) is 5. The van der Waals surface area contributed by atoms with Crippen molar-refractivity contribution < 1.29 is 0 Å². The Hall–Kier alpha value is -1.54. The third-order valence-corrected chi connectivity index (χ3v) is 5.63. The zero-order valence-electron chi connectivity index (χ0n) is 18.0. The molecule has 2 aromatic rings. The lowest BCUT2D eigenvalue weighted by Gasteiger charge is -2.33. The maximum Gasteiger partial charge on any atom is 0.0406 e. The Morgan fingerprint density at radius 1 is 0.793 bits per heavy atom. The Labute approximate surface area is 175 Å². The molecule has 0 unspecified atom stereocenters. The van der Waals surface area contributed by atoms with Crippen LogP contribution in [0.5, 0.6) is 0 Å². The highest BCUT2D eigenvalue weighted by Gasteiger charge is 2.23. The molecule has 0 amide bonds. The summed E-state index contributed by atoms with van der Waals surface area (Å²) in [6, 6.07) is 15.1. The van der Waals surface area contributed by atoms with Crippen LogP contribution in [0.25, 0.3) is 10.8 Å². The van der Waals surface area contributed by atoms with E-state index in [2.05, 4.69) is 82.9 Å². The van der Waals surface area contributed by atoms with E-state index in [4.69, 9.17) is 5.73 Å². The highest BCUT2D eigenvalue weighted by Crippen LogP contribution is 2.19. The van der Waals surface area contributed by atoms with Crippen LogP contribution in [-0.4, -0.2) is 63.4 Å². The molecule has 1 aliphatic rings. The summed E-state index contributed by atoms with van der Waals surface area (Å²) in [4.78, 5) is 0. The van der Waals surface area contributed by atoms with Crippen LogP contribution >= 0.6 is 0 Å². The lowest BCUT2D eigenvalue weighted by atomic mass is 9.99. The van der Waals surface area contributed by atoms with Gasteiger partial charge in [-0.1, -0.05) is 42.5 Å². The Kier molecular flexibility index (Phi) is 8.00. The van der Waals surface area contributed by atoms with Crippen LogP contribution in [0, 0.1) is 0 Å². The van der Waals surface area contributed by atoms with Gasteiger partial charge in [0.2, 0.25) is 0 Å². The fourth-order valence-electron chi connectivity index (χ4n) is 3.84. The molecule has 7 N–H and O–H groups in total. The van der Waals surface area contributed by atoms with Crippen molar-refractivity contribution in [3.05, 3.63) is 48.0 Å². The molecule has 160 valence electrons. The highest BCUT2D eigenvalue weighted by molar-refractivity contribution is 5.85. The van der Waals surface area contributed by atoms with Gasteiger partial charge >= 0.3 is 0 Å². The highest BCUT2D eigenvalue weighted by atomic mass is 15.1. The number of hydrogen-bond acceptors (Lipinski definition) is 6. The van der Waals surface area contributed by atoms with Gasteiger partial charge in [-0.15, -0.1) is 0 Å². The van der Waals surface area contributed by atoms with Gasteiger partial charge in [0.25, 0.3) is 0 Å². The largest absolute Gasteiger partial charge is 0.323 e. The van der Waals surface area contributed by atoms with E-state index < -0.39 is 0 Å². The first-order valence-corrected chi connectivity index (χ1v) is 10.8. The van der Waals surface area contributed by atoms with E-state index >= 15 is 0 Å². The first-order valence-electron chi connectivity index (χ1n) is 10.8. The molecule has 2 aromatic carbocycles. The molecule has 0 bridgehead atoms. The molecule has 0 aliphatic carbocycles. The minimum atomic E-state index is -0.224. The number of fused-ring (bicyclic) bond motifs is 1. The van der Waals surface area contributed by atoms with Gasteiger partial charge in [0, 0.05) is 70.0 Å². The Morgan fingerprint density at radius 2 is 1.34 bits per heavy atom. The normalized spacial score (nSPS) is 28.1. The minimum Gasteiger partial charge on any atom is -0.323 e. The summed E-state index contributed by atoms with van der Waals surface area (Å²) in [5, 5.41) is 20.6. The zero-order chi connectivity index (χ0) is 20.6. The number of nitrogens with two attached hydrogens (primary N) is 1. The van der Waals surface area contributed by atoms with Crippen LogP contribution < -0.4 is 32.3 Å². The van der Waals surface area contributed by atoms with Crippen molar-refractivity contribution in [2.45, 2.75) is 31.5 Å². The predicted molar refractivity (Wildman–Crippen MR) is 123 cm³/mol. The second-order valence-corrected chi connectivity index (χ2v) is 8.91. The van der Waals surface area contributed by atoms with Crippen molar-refractivity contribution in [2.75, 3.05) is 52.4 Å². The van der Waals surface area contributed by atoms with Gasteiger partial charge in [-0.05, 0) is 30.2 Å². The predicted octanol–water partition coefficient (Wildman–Crippen LogP) is 0.778. The van der Waals surface area contributed by atoms with Crippen molar-refractivity contribution >= 4 is 10.8 Å². The minimum absolute atomic E-state index is 0.0383. The standard InChI is InChI=1S/C23H38N6/c1-22(24)15-25-10-12-27-17-23(2,18-28-13-11-26-16-22)29-14-20-8-5-7-19-6-3-4-9-21(19)20/h3-9,25-29H,10-18,24H2,1-2H3. The van der Waals surface area contributed by atoms with E-state index in [9.17, 15) is 0 Å². The van der Waals surface area contributed by atoms with E-state index in [0.29, 0.717) is 0 Å². The monoisotopic (exact) mass is 398 g/mol. The third kappa shape index (κ3) is 7.03. The molecule has 6 heteroatoms. The van der Waals surface area contributed by atoms with Crippen molar-refractivity contribution in [1.82, 2.24) is 26.6 Å². The van der Waals surface area contributed by atoms with Gasteiger partial charge in [-0.2, -0.15) is 0 Å². The third-order valence-electron chi connectivity index (χ3n) is 5.63. The SMILES string of the molecule is CC1(N)CNCCNCC(C)(NCc2cccc3ccccc23)CNCCNC1. The summed E-state index contributed by atoms with van der Waals surface area (Å²) in [5.41, 5.74) is 7.41. The van der Waals surface area contributed by atoms with Crippen LogP contribution in [0.15, 0.2) is 42.5 Å². The van der Waals surface area contributed by atoms with Gasteiger partial charge in [0.05, 0.1) is 0 Å². The van der Waals surface area contributed by atoms with E-state index in [1.807, 2.05) is 0 Å². The molecular formula is C23H38N6. The first kappa shape index (κ1) is 22.2. The Morgan fingerprint density at radius 3 is 2.00 bits per heavy atom. The molecule has 0 saturated carbocycles. The molecule has 0 radical (unpaired) electrons. The van der Waals surface area contributed by atoms with E-state index in [1.54, 1.807) is 0 Å². The van der Waals surface area contributed by atoms with E-state index in [0.717, 1.165) is 58.9 Å². The second kappa shape index (κ2) is 10.5. The van der Waals surface area contributed by atoms with Crippen LogP contribution in [0.2, 0.25) is 0 Å². The van der Waals surface area contributed by atoms with Crippen molar-refractivity contribution in [2.24, 2.45) is 5.73 Å². The Bertz CT molecular complexity index is 737. The Balaban J connectivity index is 1.60. The van der Waals surface area contributed by atoms with Crippen molar-refractivity contribution in [3.8, 4) is 0 Å². The van der Waals surface area contributed by atoms with E-state index in [-0.39, 0.29) is 11.1 Å². The van der Waals surface area contributed by atoms with Gasteiger partial charge < -0.3 is 32.3 Å². The van der Waals surface area contributed by atoms with Gasteiger partial charge in [-0.25, -0.2) is 0 Å². The summed E-state index contributed by atoms with van der Waals surface area (Å²) in [6.07, 6.45) is 0. The zero-order valence-corrected chi connectivity index (χ0v) is 18.0. The van der Waals surface area contributed by atoms with Crippen molar-refractivity contribution in [3.63, 3.8) is 0 Å². The van der Waals surface area contributed by atoms with Gasteiger partial charge in [0.1, 0.15) is 0 Å². The topological polar surface area (TPSA) is 86.2 Å². The number of rotatable bonds is 3. The van der Waals surface area contributed by atoms with Crippen LogP contribution in [0.1, 0.15) is 19.4 Å². The molecule has 1 heterocycles. The summed E-state index contributed by atoms with van der Waals surface area (Å²) < 4.78 is 0. The lowest BCUT2D eigenvalue weighted by Crippen LogP contribution is -2.58. The average molecular weight is 399 g/mol. The van der Waals surface area contributed by atoms with Crippen molar-refractivity contribution in [1.29, 1.82) is 0 Å². The molecule has 1 fully saturated rings.